The van der Waals surface area contributed by atoms with Crippen molar-refractivity contribution in [3.8, 4) is 44.5 Å². The molecule has 6 nitrogen and oxygen atoms in total. The molecule has 8 rings (SSSR count). The van der Waals surface area contributed by atoms with Gasteiger partial charge in [0.15, 0.2) is 5.78 Å². The number of rotatable bonds is 6. The van der Waals surface area contributed by atoms with Gasteiger partial charge in [-0.3, -0.25) is 14.8 Å². The Labute approximate surface area is 343 Å². The monoisotopic (exact) mass is 788 g/mol. The molecule has 0 spiro atoms. The Hall–Kier alpha value is -5.79. The first kappa shape index (κ1) is 39.4. The molecular formula is C49H42Cl2N4O2. The van der Waals surface area contributed by atoms with Gasteiger partial charge in [-0.05, 0) is 158 Å². The van der Waals surface area contributed by atoms with Gasteiger partial charge in [0.25, 0.3) is 0 Å². The molecule has 0 unspecified atom stereocenters. The maximum Gasteiger partial charge on any atom is 0.178 e. The molecule has 0 saturated heterocycles. The number of carbonyl (C=O) groups excluding carboxylic acids is 1. The Kier molecular flexibility index (Phi) is 11.1. The van der Waals surface area contributed by atoms with Gasteiger partial charge in [-0.1, -0.05) is 59.6 Å². The van der Waals surface area contributed by atoms with Crippen LogP contribution in [0.3, 0.4) is 0 Å². The lowest BCUT2D eigenvalue weighted by Gasteiger charge is -2.22. The number of aryl methyl sites for hydroxylation is 4. The van der Waals surface area contributed by atoms with Crippen LogP contribution in [0.1, 0.15) is 59.2 Å². The van der Waals surface area contributed by atoms with E-state index in [1.807, 2.05) is 103 Å². The second-order valence-corrected chi connectivity index (χ2v) is 15.6. The minimum atomic E-state index is -1.06. The van der Waals surface area contributed by atoms with E-state index in [1.54, 1.807) is 26.2 Å². The zero-order valence-electron chi connectivity index (χ0n) is 32.9. The number of aromatic nitrogens is 4. The molecule has 4 heterocycles. The van der Waals surface area contributed by atoms with E-state index in [4.69, 9.17) is 28.2 Å². The van der Waals surface area contributed by atoms with E-state index < -0.39 is 5.60 Å². The summed E-state index contributed by atoms with van der Waals surface area (Å²) >= 11 is 13.1. The van der Waals surface area contributed by atoms with Crippen molar-refractivity contribution in [2.24, 2.45) is 0 Å². The summed E-state index contributed by atoms with van der Waals surface area (Å²) in [7, 11) is 0. The highest BCUT2D eigenvalue weighted by atomic mass is 35.5. The molecule has 8 aromatic rings. The third-order valence-electron chi connectivity index (χ3n) is 10.3. The van der Waals surface area contributed by atoms with Crippen LogP contribution in [0.15, 0.2) is 122 Å². The zero-order valence-corrected chi connectivity index (χ0v) is 34.5. The number of hydrogen-bond donors (Lipinski definition) is 1. The first-order valence-electron chi connectivity index (χ1n) is 18.7. The second-order valence-electron chi connectivity index (χ2n) is 14.8. The van der Waals surface area contributed by atoms with Crippen molar-refractivity contribution < 1.29 is 9.90 Å². The quantitative estimate of drug-likeness (QED) is 0.169. The first-order chi connectivity index (χ1) is 27.2. The van der Waals surface area contributed by atoms with E-state index in [2.05, 4.69) is 48.7 Å². The average Bonchev–Trinajstić information content (AvgIpc) is 3.18. The second kappa shape index (κ2) is 16.0. The molecule has 57 heavy (non-hydrogen) atoms. The Balaban J connectivity index is 0.000000174. The highest BCUT2D eigenvalue weighted by Crippen LogP contribution is 2.42. The van der Waals surface area contributed by atoms with Crippen LogP contribution >= 0.6 is 23.2 Å². The standard InChI is InChI=1S/C25H23ClN2O.C24H19ClN2O/c1-15-13-21-24(16(2)23(15)17-9-11-27-12-10-17)19(14-22(28-21)25(3,4)29)18-7-5-6-8-20(18)26;1-14-12-22-24(15(2)23(14)17-8-10-26-11-9-17)19(13-21(27-22)16(3)28)18-6-4-5-7-20(18)25/h5-14,29H,1-4H3;4-13H,1-3H3. The van der Waals surface area contributed by atoms with Crippen molar-refractivity contribution >= 4 is 50.8 Å². The van der Waals surface area contributed by atoms with Crippen LogP contribution in [0.5, 0.6) is 0 Å². The summed E-state index contributed by atoms with van der Waals surface area (Å²) in [5, 5.41) is 14.0. The summed E-state index contributed by atoms with van der Waals surface area (Å²) in [6.07, 6.45) is 7.21. The number of benzene rings is 4. The third-order valence-corrected chi connectivity index (χ3v) is 11.0. The Morgan fingerprint density at radius 1 is 0.579 bits per heavy atom. The Bertz CT molecular complexity index is 2820. The summed E-state index contributed by atoms with van der Waals surface area (Å²) in [6, 6.07) is 31.5. The highest BCUT2D eigenvalue weighted by Gasteiger charge is 2.24. The largest absolute Gasteiger partial charge is 0.384 e. The lowest BCUT2D eigenvalue weighted by atomic mass is 9.88. The number of nitrogens with zero attached hydrogens (tertiary/aromatic N) is 4. The summed E-state index contributed by atoms with van der Waals surface area (Å²) in [5.74, 6) is -0.0660. The molecular weight excluding hydrogens is 747 g/mol. The fraction of sp³-hybridized carbons (Fsp3) is 0.163. The molecule has 0 saturated carbocycles. The van der Waals surface area contributed by atoms with Crippen LogP contribution in [-0.4, -0.2) is 30.8 Å². The summed E-state index contributed by atoms with van der Waals surface area (Å²) in [5.41, 5.74) is 14.4. The molecule has 284 valence electrons. The minimum Gasteiger partial charge on any atom is -0.384 e. The van der Waals surface area contributed by atoms with Crippen molar-refractivity contribution in [1.82, 2.24) is 19.9 Å². The summed E-state index contributed by atoms with van der Waals surface area (Å²) < 4.78 is 0. The van der Waals surface area contributed by atoms with Crippen molar-refractivity contribution in [2.45, 2.75) is 54.1 Å². The van der Waals surface area contributed by atoms with Gasteiger partial charge in [-0.2, -0.15) is 0 Å². The number of pyridine rings is 4. The van der Waals surface area contributed by atoms with Gasteiger partial charge in [0, 0.05) is 63.7 Å². The van der Waals surface area contributed by atoms with Crippen LogP contribution in [-0.2, 0) is 5.60 Å². The van der Waals surface area contributed by atoms with Crippen molar-refractivity contribution in [3.05, 3.63) is 166 Å². The smallest absolute Gasteiger partial charge is 0.178 e. The van der Waals surface area contributed by atoms with Gasteiger partial charge < -0.3 is 5.11 Å². The van der Waals surface area contributed by atoms with E-state index >= 15 is 0 Å². The van der Waals surface area contributed by atoms with E-state index in [0.29, 0.717) is 21.4 Å². The molecule has 0 atom stereocenters. The number of fused-ring (bicyclic) bond motifs is 2. The first-order valence-corrected chi connectivity index (χ1v) is 19.4. The molecule has 0 amide bonds. The van der Waals surface area contributed by atoms with Crippen LogP contribution in [0, 0.1) is 27.7 Å². The van der Waals surface area contributed by atoms with E-state index in [0.717, 1.165) is 83.0 Å². The number of Topliss-reactive ketones (excluding diaryl/α,β-unsaturated/α-hetero) is 1. The molecule has 1 N–H and O–H groups in total. The lowest BCUT2D eigenvalue weighted by molar-refractivity contribution is 0.0742. The minimum absolute atomic E-state index is 0.0660. The molecule has 8 heteroatoms. The molecule has 4 aromatic carbocycles. The Morgan fingerprint density at radius 2 is 1.00 bits per heavy atom. The average molecular weight is 790 g/mol. The van der Waals surface area contributed by atoms with Crippen LogP contribution in [0.25, 0.3) is 66.3 Å². The molecule has 4 aromatic heterocycles. The molecule has 0 fully saturated rings. The Morgan fingerprint density at radius 3 is 1.42 bits per heavy atom. The molecule has 0 aliphatic carbocycles. The number of halogens is 2. The molecule has 0 radical (unpaired) electrons. The highest BCUT2D eigenvalue weighted by molar-refractivity contribution is 6.34. The van der Waals surface area contributed by atoms with Crippen LogP contribution in [0.4, 0.5) is 0 Å². The zero-order chi connectivity index (χ0) is 40.6. The number of hydrogen-bond acceptors (Lipinski definition) is 6. The molecule has 0 aliphatic heterocycles. The lowest BCUT2D eigenvalue weighted by Crippen LogP contribution is -2.18. The van der Waals surface area contributed by atoms with Gasteiger partial charge in [0.05, 0.1) is 16.7 Å². The topological polar surface area (TPSA) is 88.9 Å². The van der Waals surface area contributed by atoms with Gasteiger partial charge in [0.1, 0.15) is 11.3 Å². The molecule has 0 aliphatic rings. The number of carbonyl (C=O) groups is 1. The van der Waals surface area contributed by atoms with Crippen LogP contribution in [0.2, 0.25) is 10.0 Å². The normalized spacial score (nSPS) is 11.4. The maximum absolute atomic E-state index is 12.1. The molecule has 0 bridgehead atoms. The predicted octanol–water partition coefficient (Wildman–Crippen LogP) is 12.9. The van der Waals surface area contributed by atoms with Crippen molar-refractivity contribution in [3.63, 3.8) is 0 Å². The summed E-state index contributed by atoms with van der Waals surface area (Å²) in [4.78, 5) is 29.9. The number of ketones is 1. The van der Waals surface area contributed by atoms with E-state index in [9.17, 15) is 9.90 Å². The van der Waals surface area contributed by atoms with Crippen molar-refractivity contribution in [2.75, 3.05) is 0 Å². The maximum atomic E-state index is 12.1. The predicted molar refractivity (Wildman–Crippen MR) is 235 cm³/mol. The summed E-state index contributed by atoms with van der Waals surface area (Å²) in [6.45, 7) is 13.4. The third kappa shape index (κ3) is 7.81. The van der Waals surface area contributed by atoms with E-state index in [1.165, 1.54) is 12.5 Å². The van der Waals surface area contributed by atoms with Crippen molar-refractivity contribution in [1.29, 1.82) is 0 Å². The number of aliphatic hydroxyl groups is 1. The fourth-order valence-electron chi connectivity index (χ4n) is 7.73. The van der Waals surface area contributed by atoms with E-state index in [-0.39, 0.29) is 5.78 Å². The van der Waals surface area contributed by atoms with Gasteiger partial charge in [-0.15, -0.1) is 0 Å². The van der Waals surface area contributed by atoms with Gasteiger partial charge in [-0.25, -0.2) is 9.97 Å². The van der Waals surface area contributed by atoms with Gasteiger partial charge in [0.2, 0.25) is 0 Å². The fourth-order valence-corrected chi connectivity index (χ4v) is 8.20. The van der Waals surface area contributed by atoms with Gasteiger partial charge >= 0.3 is 0 Å². The SMILES string of the molecule is CC(=O)c1cc(-c2ccccc2Cl)c2c(C)c(-c3ccncc3)c(C)cc2n1.Cc1cc2nc(C(C)(C)O)cc(-c3ccccc3Cl)c2c(C)c1-c1ccncc1. The van der Waals surface area contributed by atoms with Crippen LogP contribution < -0.4 is 0 Å².